The maximum absolute atomic E-state index is 12.0. The van der Waals surface area contributed by atoms with Gasteiger partial charge in [0.25, 0.3) is 0 Å². The van der Waals surface area contributed by atoms with Crippen LogP contribution in [0.3, 0.4) is 0 Å². The number of rotatable bonds is 3. The van der Waals surface area contributed by atoms with E-state index < -0.39 is 0 Å². The number of aryl methyl sites for hydroxylation is 1. The minimum Gasteiger partial charge on any atom is -0.336 e. The van der Waals surface area contributed by atoms with E-state index in [1.807, 2.05) is 17.0 Å². The maximum atomic E-state index is 12.0. The molecular weight excluding hydrogens is 212 g/mol. The van der Waals surface area contributed by atoms with E-state index in [9.17, 15) is 4.79 Å². The Morgan fingerprint density at radius 2 is 2.24 bits per heavy atom. The molecule has 1 unspecified atom stereocenters. The van der Waals surface area contributed by atoms with Crippen LogP contribution in [0.25, 0.3) is 0 Å². The zero-order chi connectivity index (χ0) is 12.3. The summed E-state index contributed by atoms with van der Waals surface area (Å²) in [7, 11) is 0. The van der Waals surface area contributed by atoms with E-state index in [1.165, 1.54) is 11.1 Å². The first-order valence-corrected chi connectivity index (χ1v) is 6.29. The number of benzene rings is 1. The van der Waals surface area contributed by atoms with Crippen LogP contribution in [-0.4, -0.2) is 23.9 Å². The first kappa shape index (κ1) is 12.1. The van der Waals surface area contributed by atoms with Gasteiger partial charge in [0, 0.05) is 19.5 Å². The van der Waals surface area contributed by atoms with Crippen LogP contribution in [0.5, 0.6) is 0 Å². The van der Waals surface area contributed by atoms with Crippen LogP contribution < -0.4 is 5.73 Å². The first-order valence-electron chi connectivity index (χ1n) is 6.29. The van der Waals surface area contributed by atoms with Crippen molar-refractivity contribution in [1.82, 2.24) is 4.90 Å². The van der Waals surface area contributed by atoms with E-state index in [4.69, 9.17) is 5.73 Å². The fourth-order valence-corrected chi connectivity index (χ4v) is 2.62. The van der Waals surface area contributed by atoms with Crippen molar-refractivity contribution in [1.29, 1.82) is 0 Å². The molecule has 0 saturated carbocycles. The number of nitrogens with two attached hydrogens (primary N) is 1. The molecular formula is C14H20N2O. The zero-order valence-corrected chi connectivity index (χ0v) is 10.4. The van der Waals surface area contributed by atoms with Crippen LogP contribution in [0.15, 0.2) is 24.3 Å². The molecule has 1 fully saturated rings. The number of carbonyl (C=O) groups is 1. The molecule has 1 aliphatic heterocycles. The molecule has 0 radical (unpaired) electrons. The molecule has 3 nitrogen and oxygen atoms in total. The third kappa shape index (κ3) is 2.50. The van der Waals surface area contributed by atoms with E-state index >= 15 is 0 Å². The predicted octanol–water partition coefficient (Wildman–Crippen LogP) is 2.01. The van der Waals surface area contributed by atoms with Gasteiger partial charge in [-0.3, -0.25) is 4.79 Å². The van der Waals surface area contributed by atoms with Gasteiger partial charge in [0.1, 0.15) is 0 Å². The highest BCUT2D eigenvalue weighted by Crippen LogP contribution is 2.33. The third-order valence-electron chi connectivity index (χ3n) is 3.48. The Kier molecular flexibility index (Phi) is 3.79. The third-order valence-corrected chi connectivity index (χ3v) is 3.48. The van der Waals surface area contributed by atoms with Gasteiger partial charge in [0.15, 0.2) is 0 Å². The molecule has 0 aromatic heterocycles. The molecule has 1 saturated heterocycles. The molecule has 92 valence electrons. The minimum absolute atomic E-state index is 0.193. The van der Waals surface area contributed by atoms with Crippen LogP contribution in [0.1, 0.15) is 36.4 Å². The predicted molar refractivity (Wildman–Crippen MR) is 68.5 cm³/mol. The Labute approximate surface area is 103 Å². The van der Waals surface area contributed by atoms with E-state index in [0.29, 0.717) is 13.0 Å². The maximum Gasteiger partial charge on any atom is 0.224 e. The van der Waals surface area contributed by atoms with Gasteiger partial charge < -0.3 is 10.6 Å². The summed E-state index contributed by atoms with van der Waals surface area (Å²) >= 11 is 0. The molecule has 0 spiro atoms. The summed E-state index contributed by atoms with van der Waals surface area (Å²) in [5.41, 5.74) is 8.02. The van der Waals surface area contributed by atoms with Gasteiger partial charge in [0.05, 0.1) is 6.04 Å². The first-order chi connectivity index (χ1) is 8.24. The molecule has 1 aromatic rings. The smallest absolute Gasteiger partial charge is 0.224 e. The van der Waals surface area contributed by atoms with Crippen molar-refractivity contribution in [2.24, 2.45) is 5.73 Å². The summed E-state index contributed by atoms with van der Waals surface area (Å²) in [4.78, 5) is 14.0. The fourth-order valence-electron chi connectivity index (χ4n) is 2.62. The van der Waals surface area contributed by atoms with E-state index in [2.05, 4.69) is 19.1 Å². The molecule has 1 heterocycles. The monoisotopic (exact) mass is 232 g/mol. The molecule has 2 N–H and O–H groups in total. The fraction of sp³-hybridized carbons (Fsp3) is 0.500. The number of hydrogen-bond acceptors (Lipinski definition) is 2. The van der Waals surface area contributed by atoms with E-state index in [-0.39, 0.29) is 11.9 Å². The van der Waals surface area contributed by atoms with Crippen LogP contribution in [0.2, 0.25) is 0 Å². The second kappa shape index (κ2) is 5.32. The minimum atomic E-state index is 0.193. The van der Waals surface area contributed by atoms with Crippen LogP contribution in [0.4, 0.5) is 0 Å². The highest BCUT2D eigenvalue weighted by atomic mass is 16.2. The van der Waals surface area contributed by atoms with Crippen molar-refractivity contribution < 1.29 is 4.79 Å². The molecule has 17 heavy (non-hydrogen) atoms. The Balaban J connectivity index is 2.20. The van der Waals surface area contributed by atoms with Gasteiger partial charge in [-0.25, -0.2) is 0 Å². The summed E-state index contributed by atoms with van der Waals surface area (Å²) in [6.07, 6.45) is 2.62. The van der Waals surface area contributed by atoms with Crippen molar-refractivity contribution in [2.45, 2.75) is 32.2 Å². The Morgan fingerprint density at radius 3 is 2.94 bits per heavy atom. The molecule has 1 amide bonds. The summed E-state index contributed by atoms with van der Waals surface area (Å²) in [6.45, 7) is 3.42. The van der Waals surface area contributed by atoms with Crippen molar-refractivity contribution in [3.8, 4) is 0 Å². The molecule has 1 aromatic carbocycles. The van der Waals surface area contributed by atoms with Crippen molar-refractivity contribution >= 4 is 5.91 Å². The Hall–Kier alpha value is -1.35. The lowest BCUT2D eigenvalue weighted by molar-refractivity contribution is -0.131. The van der Waals surface area contributed by atoms with Crippen molar-refractivity contribution in [3.63, 3.8) is 0 Å². The average Bonchev–Trinajstić information content (AvgIpc) is 2.79. The van der Waals surface area contributed by atoms with Gasteiger partial charge in [0.2, 0.25) is 5.91 Å². The number of hydrogen-bond donors (Lipinski definition) is 1. The van der Waals surface area contributed by atoms with Crippen LogP contribution in [0, 0.1) is 6.92 Å². The molecule has 1 aliphatic rings. The standard InChI is InChI=1S/C14H20N2O/c1-11-5-2-3-6-12(11)13-7-4-10-16(13)14(17)8-9-15/h2-3,5-6,13H,4,7-10,15H2,1H3. The van der Waals surface area contributed by atoms with Gasteiger partial charge in [-0.05, 0) is 30.9 Å². The largest absolute Gasteiger partial charge is 0.336 e. The van der Waals surface area contributed by atoms with Crippen LogP contribution >= 0.6 is 0 Å². The number of nitrogens with zero attached hydrogens (tertiary/aromatic N) is 1. The Bertz CT molecular complexity index is 403. The molecule has 1 atom stereocenters. The normalized spacial score (nSPS) is 19.6. The Morgan fingerprint density at radius 1 is 1.47 bits per heavy atom. The molecule has 0 bridgehead atoms. The van der Waals surface area contributed by atoms with E-state index in [1.54, 1.807) is 0 Å². The van der Waals surface area contributed by atoms with Gasteiger partial charge in [-0.2, -0.15) is 0 Å². The molecule has 3 heteroatoms. The summed E-state index contributed by atoms with van der Waals surface area (Å²) < 4.78 is 0. The number of amides is 1. The van der Waals surface area contributed by atoms with Gasteiger partial charge in [-0.15, -0.1) is 0 Å². The highest BCUT2D eigenvalue weighted by Gasteiger charge is 2.29. The lowest BCUT2D eigenvalue weighted by Gasteiger charge is -2.26. The second-order valence-electron chi connectivity index (χ2n) is 4.64. The highest BCUT2D eigenvalue weighted by molar-refractivity contribution is 5.77. The summed E-state index contributed by atoms with van der Waals surface area (Å²) in [5, 5.41) is 0. The zero-order valence-electron chi connectivity index (χ0n) is 10.4. The molecule has 2 rings (SSSR count). The van der Waals surface area contributed by atoms with Gasteiger partial charge >= 0.3 is 0 Å². The SMILES string of the molecule is Cc1ccccc1C1CCCN1C(=O)CCN. The van der Waals surface area contributed by atoms with Crippen molar-refractivity contribution in [2.75, 3.05) is 13.1 Å². The summed E-state index contributed by atoms with van der Waals surface area (Å²) in [5.74, 6) is 0.193. The summed E-state index contributed by atoms with van der Waals surface area (Å²) in [6, 6.07) is 8.59. The lowest BCUT2D eigenvalue weighted by Crippen LogP contribution is -2.32. The lowest BCUT2D eigenvalue weighted by atomic mass is 9.99. The quantitative estimate of drug-likeness (QED) is 0.866. The molecule has 0 aliphatic carbocycles. The average molecular weight is 232 g/mol. The van der Waals surface area contributed by atoms with Crippen molar-refractivity contribution in [3.05, 3.63) is 35.4 Å². The topological polar surface area (TPSA) is 46.3 Å². The number of carbonyl (C=O) groups excluding carboxylic acids is 1. The van der Waals surface area contributed by atoms with E-state index in [0.717, 1.165) is 19.4 Å². The number of likely N-dealkylation sites (tertiary alicyclic amines) is 1. The van der Waals surface area contributed by atoms with Crippen LogP contribution in [-0.2, 0) is 4.79 Å². The second-order valence-corrected chi connectivity index (χ2v) is 4.64. The van der Waals surface area contributed by atoms with Gasteiger partial charge in [-0.1, -0.05) is 24.3 Å².